The SMILES string of the molecule is COc1ccc(N2CCN(c3ncnc(-n4nnc5ccccc54)c3[N+](=O)[O-])CC2)cc1. The van der Waals surface area contributed by atoms with Gasteiger partial charge < -0.3 is 14.5 Å². The number of aromatic nitrogens is 5. The van der Waals surface area contributed by atoms with E-state index < -0.39 is 4.92 Å². The van der Waals surface area contributed by atoms with Gasteiger partial charge >= 0.3 is 5.69 Å². The lowest BCUT2D eigenvalue weighted by atomic mass is 10.2. The summed E-state index contributed by atoms with van der Waals surface area (Å²) < 4.78 is 6.61. The number of ether oxygens (including phenoxy) is 1. The summed E-state index contributed by atoms with van der Waals surface area (Å²) in [5.74, 6) is 1.19. The lowest BCUT2D eigenvalue weighted by Crippen LogP contribution is -2.47. The van der Waals surface area contributed by atoms with Crippen molar-refractivity contribution in [3.05, 3.63) is 65.0 Å². The van der Waals surface area contributed by atoms with E-state index in [-0.39, 0.29) is 17.3 Å². The first kappa shape index (κ1) is 19.7. The minimum absolute atomic E-state index is 0.103. The molecule has 2 aromatic carbocycles. The molecule has 1 saturated heterocycles. The summed E-state index contributed by atoms with van der Waals surface area (Å²) in [5, 5.41) is 20.3. The summed E-state index contributed by atoms with van der Waals surface area (Å²) in [6, 6.07) is 15.1. The largest absolute Gasteiger partial charge is 0.497 e. The molecule has 5 rings (SSSR count). The summed E-state index contributed by atoms with van der Waals surface area (Å²) in [6.07, 6.45) is 1.34. The maximum atomic E-state index is 12.1. The van der Waals surface area contributed by atoms with Gasteiger partial charge in [0, 0.05) is 31.9 Å². The van der Waals surface area contributed by atoms with Crippen LogP contribution in [0.25, 0.3) is 16.9 Å². The van der Waals surface area contributed by atoms with Gasteiger partial charge in [0.2, 0.25) is 11.6 Å². The first-order chi connectivity index (χ1) is 15.7. The third-order valence-corrected chi connectivity index (χ3v) is 5.54. The third kappa shape index (κ3) is 3.43. The van der Waals surface area contributed by atoms with Crippen molar-refractivity contribution in [3.63, 3.8) is 0 Å². The second-order valence-electron chi connectivity index (χ2n) is 7.29. The van der Waals surface area contributed by atoms with Crippen molar-refractivity contribution in [1.29, 1.82) is 0 Å². The molecule has 0 radical (unpaired) electrons. The highest BCUT2D eigenvalue weighted by molar-refractivity contribution is 5.78. The van der Waals surface area contributed by atoms with Crippen LogP contribution >= 0.6 is 0 Å². The average molecular weight is 432 g/mol. The van der Waals surface area contributed by atoms with Crippen molar-refractivity contribution >= 4 is 28.2 Å². The molecular weight excluding hydrogens is 412 g/mol. The quantitative estimate of drug-likeness (QED) is 0.346. The molecule has 32 heavy (non-hydrogen) atoms. The molecule has 162 valence electrons. The average Bonchev–Trinajstić information content (AvgIpc) is 3.28. The molecule has 0 atom stereocenters. The number of hydrogen-bond acceptors (Lipinski definition) is 9. The Balaban J connectivity index is 1.44. The van der Waals surface area contributed by atoms with E-state index >= 15 is 0 Å². The van der Waals surface area contributed by atoms with E-state index in [9.17, 15) is 10.1 Å². The number of benzene rings is 2. The third-order valence-electron chi connectivity index (χ3n) is 5.54. The van der Waals surface area contributed by atoms with Gasteiger partial charge in [0.15, 0.2) is 0 Å². The van der Waals surface area contributed by atoms with Crippen LogP contribution in [0.5, 0.6) is 5.75 Å². The summed E-state index contributed by atoms with van der Waals surface area (Å²) in [6.45, 7) is 2.58. The Morgan fingerprint density at radius 3 is 2.34 bits per heavy atom. The molecule has 3 heterocycles. The van der Waals surface area contributed by atoms with Crippen LogP contribution in [0.1, 0.15) is 0 Å². The van der Waals surface area contributed by atoms with Crippen LogP contribution in [0.4, 0.5) is 17.2 Å². The van der Waals surface area contributed by atoms with E-state index in [2.05, 4.69) is 25.2 Å². The van der Waals surface area contributed by atoms with Gasteiger partial charge in [-0.05, 0) is 36.4 Å². The van der Waals surface area contributed by atoms with E-state index in [1.807, 2.05) is 41.3 Å². The summed E-state index contributed by atoms with van der Waals surface area (Å²) >= 11 is 0. The molecule has 0 aliphatic carbocycles. The number of hydrogen-bond donors (Lipinski definition) is 0. The molecule has 11 nitrogen and oxygen atoms in total. The normalized spacial score (nSPS) is 14.0. The Morgan fingerprint density at radius 2 is 1.62 bits per heavy atom. The molecule has 0 spiro atoms. The van der Waals surface area contributed by atoms with Gasteiger partial charge in [-0.25, -0.2) is 9.97 Å². The Kier molecular flexibility index (Phi) is 4.98. The molecule has 0 bridgehead atoms. The summed E-state index contributed by atoms with van der Waals surface area (Å²) in [5.41, 5.74) is 2.18. The van der Waals surface area contributed by atoms with Crippen LogP contribution in [0.2, 0.25) is 0 Å². The maximum absolute atomic E-state index is 12.1. The summed E-state index contributed by atoms with van der Waals surface area (Å²) in [7, 11) is 1.64. The molecular formula is C21H20N8O3. The van der Waals surface area contributed by atoms with Crippen molar-refractivity contribution in [2.45, 2.75) is 0 Å². The number of anilines is 2. The fourth-order valence-electron chi connectivity index (χ4n) is 3.91. The molecule has 11 heteroatoms. The predicted molar refractivity (Wildman–Crippen MR) is 119 cm³/mol. The van der Waals surface area contributed by atoms with Crippen molar-refractivity contribution in [2.24, 2.45) is 0 Å². The highest BCUT2D eigenvalue weighted by Crippen LogP contribution is 2.32. The van der Waals surface area contributed by atoms with Crippen molar-refractivity contribution in [2.75, 3.05) is 43.1 Å². The van der Waals surface area contributed by atoms with Gasteiger partial charge in [-0.15, -0.1) is 5.10 Å². The fraction of sp³-hybridized carbons (Fsp3) is 0.238. The maximum Gasteiger partial charge on any atom is 0.355 e. The second kappa shape index (κ2) is 8.10. The van der Waals surface area contributed by atoms with Crippen LogP contribution in [0, 0.1) is 10.1 Å². The first-order valence-electron chi connectivity index (χ1n) is 10.1. The van der Waals surface area contributed by atoms with Gasteiger partial charge in [0.25, 0.3) is 0 Å². The number of para-hydroxylation sites is 1. The Labute approximate surface area is 183 Å². The van der Waals surface area contributed by atoms with E-state index in [1.165, 1.54) is 11.0 Å². The van der Waals surface area contributed by atoms with Gasteiger partial charge in [-0.2, -0.15) is 4.68 Å². The fourth-order valence-corrected chi connectivity index (χ4v) is 3.91. The molecule has 4 aromatic rings. The van der Waals surface area contributed by atoms with Crippen molar-refractivity contribution in [1.82, 2.24) is 25.0 Å². The molecule has 0 saturated carbocycles. The number of methoxy groups -OCH3 is 1. The zero-order valence-corrected chi connectivity index (χ0v) is 17.3. The smallest absolute Gasteiger partial charge is 0.355 e. The lowest BCUT2D eigenvalue weighted by molar-refractivity contribution is -0.384. The predicted octanol–water partition coefficient (Wildman–Crippen LogP) is 2.45. The Bertz CT molecular complexity index is 1270. The van der Waals surface area contributed by atoms with Crippen LogP contribution in [-0.4, -0.2) is 63.2 Å². The number of rotatable bonds is 5. The molecule has 0 unspecified atom stereocenters. The number of piperazine rings is 1. The minimum atomic E-state index is -0.447. The van der Waals surface area contributed by atoms with Gasteiger partial charge in [-0.3, -0.25) is 10.1 Å². The van der Waals surface area contributed by atoms with E-state index in [1.54, 1.807) is 19.2 Å². The zero-order valence-electron chi connectivity index (χ0n) is 17.3. The topological polar surface area (TPSA) is 115 Å². The molecule has 2 aromatic heterocycles. The van der Waals surface area contributed by atoms with Crippen LogP contribution < -0.4 is 14.5 Å². The molecule has 1 aliphatic heterocycles. The van der Waals surface area contributed by atoms with E-state index in [0.29, 0.717) is 37.2 Å². The molecule has 1 fully saturated rings. The van der Waals surface area contributed by atoms with Crippen LogP contribution in [0.15, 0.2) is 54.9 Å². The minimum Gasteiger partial charge on any atom is -0.497 e. The zero-order chi connectivity index (χ0) is 22.1. The van der Waals surface area contributed by atoms with Crippen molar-refractivity contribution < 1.29 is 9.66 Å². The second-order valence-corrected chi connectivity index (χ2v) is 7.29. The number of nitrogens with zero attached hydrogens (tertiary/aromatic N) is 8. The van der Waals surface area contributed by atoms with Crippen LogP contribution in [-0.2, 0) is 0 Å². The van der Waals surface area contributed by atoms with E-state index in [0.717, 1.165) is 11.4 Å². The Morgan fingerprint density at radius 1 is 0.938 bits per heavy atom. The summed E-state index contributed by atoms with van der Waals surface area (Å²) in [4.78, 5) is 24.2. The molecule has 0 N–H and O–H groups in total. The van der Waals surface area contributed by atoms with Gasteiger partial charge in [-0.1, -0.05) is 17.3 Å². The molecule has 0 amide bonds. The van der Waals surface area contributed by atoms with Crippen LogP contribution in [0.3, 0.4) is 0 Å². The van der Waals surface area contributed by atoms with E-state index in [4.69, 9.17) is 4.74 Å². The monoisotopic (exact) mass is 432 g/mol. The highest BCUT2D eigenvalue weighted by Gasteiger charge is 2.31. The first-order valence-corrected chi connectivity index (χ1v) is 10.1. The number of nitro groups is 1. The van der Waals surface area contributed by atoms with Crippen molar-refractivity contribution in [3.8, 4) is 11.6 Å². The lowest BCUT2D eigenvalue weighted by Gasteiger charge is -2.36. The van der Waals surface area contributed by atoms with Gasteiger partial charge in [0.1, 0.15) is 17.6 Å². The van der Waals surface area contributed by atoms with Gasteiger partial charge in [0.05, 0.1) is 17.5 Å². The molecule has 1 aliphatic rings. The Hall–Kier alpha value is -4.28. The highest BCUT2D eigenvalue weighted by atomic mass is 16.6. The number of fused-ring (bicyclic) bond motifs is 1. The standard InChI is InChI=1S/C21H20N8O3/c1-32-16-8-6-15(7-9-16)26-10-12-27(13-11-26)20-19(29(30)31)21(23-14-22-20)28-18-5-3-2-4-17(18)24-25-28/h2-9,14H,10-13H2,1H3.